The van der Waals surface area contributed by atoms with Crippen molar-refractivity contribution in [2.24, 2.45) is 5.73 Å². The molecule has 1 aromatic rings. The molecule has 0 saturated carbocycles. The number of anilines is 1. The Hall–Kier alpha value is -1.37. The maximum atomic E-state index is 12.4. The molecule has 0 unspecified atom stereocenters. The Kier molecular flexibility index (Phi) is 4.89. The Morgan fingerprint density at radius 1 is 1.44 bits per heavy atom. The van der Waals surface area contributed by atoms with Gasteiger partial charge in [0.25, 0.3) is 0 Å². The Morgan fingerprint density at radius 2 is 2.11 bits per heavy atom. The molecule has 1 heterocycles. The van der Waals surface area contributed by atoms with Crippen LogP contribution in [0.5, 0.6) is 0 Å². The molecule has 0 spiro atoms. The van der Waals surface area contributed by atoms with Gasteiger partial charge in [-0.2, -0.15) is 13.2 Å². The molecule has 2 N–H and O–H groups in total. The SMILES string of the molecule is CCCN(CC(F)(F)F)c1ccc(C(N)=S)cn1. The second-order valence-electron chi connectivity index (χ2n) is 3.81. The fourth-order valence-electron chi connectivity index (χ4n) is 1.48. The zero-order chi connectivity index (χ0) is 13.8. The fraction of sp³-hybridized carbons (Fsp3) is 0.455. The van der Waals surface area contributed by atoms with Crippen LogP contribution in [0.2, 0.25) is 0 Å². The molecule has 1 aromatic heterocycles. The number of hydrogen-bond donors (Lipinski definition) is 1. The number of pyridine rings is 1. The van der Waals surface area contributed by atoms with Crippen LogP contribution in [0.15, 0.2) is 18.3 Å². The van der Waals surface area contributed by atoms with Crippen molar-refractivity contribution < 1.29 is 13.2 Å². The second kappa shape index (κ2) is 5.99. The molecule has 3 nitrogen and oxygen atoms in total. The van der Waals surface area contributed by atoms with Crippen molar-refractivity contribution in [2.75, 3.05) is 18.0 Å². The Bertz CT molecular complexity index is 403. The minimum Gasteiger partial charge on any atom is -0.389 e. The number of nitrogens with zero attached hydrogens (tertiary/aromatic N) is 2. The second-order valence-corrected chi connectivity index (χ2v) is 4.25. The van der Waals surface area contributed by atoms with Crippen LogP contribution < -0.4 is 10.6 Å². The molecule has 7 heteroatoms. The summed E-state index contributed by atoms with van der Waals surface area (Å²) in [6, 6.07) is 3.07. The number of hydrogen-bond acceptors (Lipinski definition) is 3. The molecule has 0 aromatic carbocycles. The molecule has 0 amide bonds. The molecule has 0 saturated heterocycles. The standard InChI is InChI=1S/C11H14F3N3S/c1-2-5-17(7-11(12,13)14)9-4-3-8(6-16-9)10(15)18/h3-4,6H,2,5,7H2,1H3,(H2,15,18). The van der Waals surface area contributed by atoms with Crippen LogP contribution in [0, 0.1) is 0 Å². The summed E-state index contributed by atoms with van der Waals surface area (Å²) >= 11 is 4.75. The quantitative estimate of drug-likeness (QED) is 0.840. The molecule has 100 valence electrons. The summed E-state index contributed by atoms with van der Waals surface area (Å²) in [5.74, 6) is 0.272. The highest BCUT2D eigenvalue weighted by atomic mass is 32.1. The lowest BCUT2D eigenvalue weighted by Gasteiger charge is -2.24. The summed E-state index contributed by atoms with van der Waals surface area (Å²) in [6.45, 7) is 1.09. The first-order valence-electron chi connectivity index (χ1n) is 5.41. The van der Waals surface area contributed by atoms with Gasteiger partial charge in [-0.3, -0.25) is 0 Å². The largest absolute Gasteiger partial charge is 0.405 e. The third-order valence-corrected chi connectivity index (χ3v) is 2.46. The van der Waals surface area contributed by atoms with Gasteiger partial charge in [0.05, 0.1) is 0 Å². The molecule has 1 rings (SSSR count). The summed E-state index contributed by atoms with van der Waals surface area (Å²) in [4.78, 5) is 5.32. The highest BCUT2D eigenvalue weighted by Gasteiger charge is 2.31. The van der Waals surface area contributed by atoms with Gasteiger partial charge in [-0.15, -0.1) is 0 Å². The smallest absolute Gasteiger partial charge is 0.389 e. The van der Waals surface area contributed by atoms with Crippen LogP contribution in [0.3, 0.4) is 0 Å². The molecule has 0 aliphatic heterocycles. The predicted octanol–water partition coefficient (Wildman–Crippen LogP) is 2.49. The van der Waals surface area contributed by atoms with Crippen LogP contribution >= 0.6 is 12.2 Å². The van der Waals surface area contributed by atoms with Crippen molar-refractivity contribution in [1.29, 1.82) is 0 Å². The predicted molar refractivity (Wildman–Crippen MR) is 68.7 cm³/mol. The van der Waals surface area contributed by atoms with Crippen molar-refractivity contribution in [2.45, 2.75) is 19.5 Å². The van der Waals surface area contributed by atoms with Crippen molar-refractivity contribution in [3.63, 3.8) is 0 Å². The number of nitrogens with two attached hydrogens (primary N) is 1. The van der Waals surface area contributed by atoms with Gasteiger partial charge >= 0.3 is 6.18 Å². The van der Waals surface area contributed by atoms with E-state index in [2.05, 4.69) is 4.98 Å². The highest BCUT2D eigenvalue weighted by molar-refractivity contribution is 7.80. The van der Waals surface area contributed by atoms with E-state index in [0.717, 1.165) is 0 Å². The van der Waals surface area contributed by atoms with E-state index in [9.17, 15) is 13.2 Å². The first-order valence-corrected chi connectivity index (χ1v) is 5.82. The van der Waals surface area contributed by atoms with Gasteiger partial charge in [0.1, 0.15) is 17.4 Å². The lowest BCUT2D eigenvalue weighted by atomic mass is 10.2. The van der Waals surface area contributed by atoms with Crippen molar-refractivity contribution in [3.8, 4) is 0 Å². The van der Waals surface area contributed by atoms with E-state index >= 15 is 0 Å². The molecule has 18 heavy (non-hydrogen) atoms. The third kappa shape index (κ3) is 4.48. The van der Waals surface area contributed by atoms with Gasteiger partial charge in [-0.25, -0.2) is 4.98 Å². The molecular weight excluding hydrogens is 263 g/mol. The van der Waals surface area contributed by atoms with Crippen molar-refractivity contribution in [3.05, 3.63) is 23.9 Å². The normalized spacial score (nSPS) is 11.3. The minimum absolute atomic E-state index is 0.173. The molecule has 0 aliphatic carbocycles. The van der Waals surface area contributed by atoms with Crippen LogP contribution in [0.1, 0.15) is 18.9 Å². The maximum Gasteiger partial charge on any atom is 0.405 e. The molecule has 0 atom stereocenters. The maximum absolute atomic E-state index is 12.4. The first-order chi connectivity index (χ1) is 8.33. The molecular formula is C11H14F3N3S. The van der Waals surface area contributed by atoms with E-state index < -0.39 is 12.7 Å². The van der Waals surface area contributed by atoms with Gasteiger partial charge in [-0.1, -0.05) is 19.1 Å². The van der Waals surface area contributed by atoms with E-state index in [1.54, 1.807) is 6.07 Å². The number of halogens is 3. The van der Waals surface area contributed by atoms with E-state index in [1.165, 1.54) is 17.2 Å². The van der Waals surface area contributed by atoms with Crippen LogP contribution in [-0.4, -0.2) is 29.2 Å². The Labute approximate surface area is 109 Å². The van der Waals surface area contributed by atoms with Gasteiger partial charge in [-0.05, 0) is 18.6 Å². The Morgan fingerprint density at radius 3 is 2.50 bits per heavy atom. The topological polar surface area (TPSA) is 42.1 Å². The fourth-order valence-corrected chi connectivity index (χ4v) is 1.60. The van der Waals surface area contributed by atoms with Crippen molar-refractivity contribution >= 4 is 23.0 Å². The van der Waals surface area contributed by atoms with E-state index in [0.29, 0.717) is 18.5 Å². The summed E-state index contributed by atoms with van der Waals surface area (Å²) in [5.41, 5.74) is 5.94. The molecule has 0 bridgehead atoms. The summed E-state index contributed by atoms with van der Waals surface area (Å²) in [7, 11) is 0. The lowest BCUT2D eigenvalue weighted by Crippen LogP contribution is -2.35. The average Bonchev–Trinajstić information content (AvgIpc) is 2.27. The number of alkyl halides is 3. The molecule has 0 aliphatic rings. The zero-order valence-corrected chi connectivity index (χ0v) is 10.7. The van der Waals surface area contributed by atoms with E-state index in [1.807, 2.05) is 6.92 Å². The monoisotopic (exact) mass is 277 g/mol. The number of rotatable bonds is 5. The van der Waals surface area contributed by atoms with E-state index in [4.69, 9.17) is 18.0 Å². The summed E-state index contributed by atoms with van der Waals surface area (Å²) in [5, 5.41) is 0. The molecule has 0 radical (unpaired) electrons. The van der Waals surface area contributed by atoms with Crippen molar-refractivity contribution in [1.82, 2.24) is 4.98 Å². The highest BCUT2D eigenvalue weighted by Crippen LogP contribution is 2.21. The lowest BCUT2D eigenvalue weighted by molar-refractivity contribution is -0.119. The van der Waals surface area contributed by atoms with Crippen LogP contribution in [0.4, 0.5) is 19.0 Å². The summed E-state index contributed by atoms with van der Waals surface area (Å²) in [6.07, 6.45) is -2.26. The van der Waals surface area contributed by atoms with Gasteiger partial charge in [0.15, 0.2) is 0 Å². The molecule has 0 fully saturated rings. The zero-order valence-electron chi connectivity index (χ0n) is 9.87. The Balaban J connectivity index is 2.88. The van der Waals surface area contributed by atoms with Crippen LogP contribution in [-0.2, 0) is 0 Å². The number of aromatic nitrogens is 1. The van der Waals surface area contributed by atoms with Gasteiger partial charge < -0.3 is 10.6 Å². The average molecular weight is 277 g/mol. The van der Waals surface area contributed by atoms with Crippen LogP contribution in [0.25, 0.3) is 0 Å². The van der Waals surface area contributed by atoms with E-state index in [-0.39, 0.29) is 10.8 Å². The van der Waals surface area contributed by atoms with Gasteiger partial charge in [0.2, 0.25) is 0 Å². The number of thiocarbonyl (C=S) groups is 1. The first kappa shape index (κ1) is 14.7. The van der Waals surface area contributed by atoms with Gasteiger partial charge in [0, 0.05) is 18.3 Å². The minimum atomic E-state index is -4.25. The third-order valence-electron chi connectivity index (χ3n) is 2.22. The summed E-state index contributed by atoms with van der Waals surface area (Å²) < 4.78 is 37.2.